The molecule has 100 valence electrons. The van der Waals surface area contributed by atoms with E-state index in [0.29, 0.717) is 18.1 Å². The maximum absolute atomic E-state index is 11.9. The zero-order valence-corrected chi connectivity index (χ0v) is 11.2. The SMILES string of the molecule is CC(Cn1cc(Cl)cn1)C(=O)NCC1CCCO1. The van der Waals surface area contributed by atoms with Gasteiger partial charge in [-0.3, -0.25) is 9.48 Å². The molecule has 2 rings (SSSR count). The van der Waals surface area contributed by atoms with Crippen LogP contribution in [-0.2, 0) is 16.1 Å². The number of nitrogens with zero attached hydrogens (tertiary/aromatic N) is 2. The Balaban J connectivity index is 1.74. The Morgan fingerprint density at radius 1 is 1.78 bits per heavy atom. The summed E-state index contributed by atoms with van der Waals surface area (Å²) in [5.74, 6) is -0.112. The van der Waals surface area contributed by atoms with E-state index in [-0.39, 0.29) is 17.9 Å². The maximum atomic E-state index is 11.9. The monoisotopic (exact) mass is 271 g/mol. The highest BCUT2D eigenvalue weighted by molar-refractivity contribution is 6.30. The van der Waals surface area contributed by atoms with Gasteiger partial charge in [0, 0.05) is 19.3 Å². The van der Waals surface area contributed by atoms with Gasteiger partial charge in [-0.2, -0.15) is 5.10 Å². The van der Waals surface area contributed by atoms with Crippen molar-refractivity contribution in [2.45, 2.75) is 32.4 Å². The molecule has 0 aliphatic carbocycles. The van der Waals surface area contributed by atoms with Crippen molar-refractivity contribution < 1.29 is 9.53 Å². The summed E-state index contributed by atoms with van der Waals surface area (Å²) < 4.78 is 7.13. The van der Waals surface area contributed by atoms with Crippen molar-refractivity contribution in [2.75, 3.05) is 13.2 Å². The number of hydrogen-bond donors (Lipinski definition) is 1. The first kappa shape index (κ1) is 13.4. The van der Waals surface area contributed by atoms with E-state index in [1.54, 1.807) is 17.1 Å². The average Bonchev–Trinajstić information content (AvgIpc) is 2.97. The molecule has 6 heteroatoms. The van der Waals surface area contributed by atoms with Gasteiger partial charge >= 0.3 is 0 Å². The van der Waals surface area contributed by atoms with Gasteiger partial charge < -0.3 is 10.1 Å². The smallest absolute Gasteiger partial charge is 0.224 e. The topological polar surface area (TPSA) is 56.2 Å². The minimum absolute atomic E-state index is 0.0251. The minimum Gasteiger partial charge on any atom is -0.376 e. The van der Waals surface area contributed by atoms with Gasteiger partial charge in [-0.15, -0.1) is 0 Å². The van der Waals surface area contributed by atoms with Crippen LogP contribution < -0.4 is 5.32 Å². The first-order chi connectivity index (χ1) is 8.65. The van der Waals surface area contributed by atoms with Gasteiger partial charge in [0.25, 0.3) is 0 Å². The van der Waals surface area contributed by atoms with Crippen LogP contribution in [0.4, 0.5) is 0 Å². The third kappa shape index (κ3) is 3.71. The second kappa shape index (κ2) is 6.20. The van der Waals surface area contributed by atoms with E-state index in [4.69, 9.17) is 16.3 Å². The van der Waals surface area contributed by atoms with Crippen molar-refractivity contribution in [3.8, 4) is 0 Å². The van der Waals surface area contributed by atoms with Crippen LogP contribution in [0.1, 0.15) is 19.8 Å². The van der Waals surface area contributed by atoms with E-state index >= 15 is 0 Å². The van der Waals surface area contributed by atoms with Gasteiger partial charge in [0.05, 0.1) is 29.8 Å². The Bertz CT molecular complexity index is 402. The average molecular weight is 272 g/mol. The van der Waals surface area contributed by atoms with E-state index < -0.39 is 0 Å². The molecule has 0 aromatic carbocycles. The molecule has 1 aliphatic rings. The van der Waals surface area contributed by atoms with E-state index in [2.05, 4.69) is 10.4 Å². The zero-order chi connectivity index (χ0) is 13.0. The van der Waals surface area contributed by atoms with Crippen molar-refractivity contribution in [2.24, 2.45) is 5.92 Å². The molecule has 2 unspecified atom stereocenters. The Kier molecular flexibility index (Phi) is 4.60. The van der Waals surface area contributed by atoms with Crippen molar-refractivity contribution in [1.82, 2.24) is 15.1 Å². The molecule has 1 aliphatic heterocycles. The van der Waals surface area contributed by atoms with Gasteiger partial charge in [-0.25, -0.2) is 0 Å². The van der Waals surface area contributed by atoms with Gasteiger partial charge in [0.15, 0.2) is 0 Å². The lowest BCUT2D eigenvalue weighted by Gasteiger charge is -2.14. The third-order valence-electron chi connectivity index (χ3n) is 3.04. The number of ether oxygens (including phenoxy) is 1. The Morgan fingerprint density at radius 3 is 3.22 bits per heavy atom. The molecule has 1 N–H and O–H groups in total. The van der Waals surface area contributed by atoms with Crippen LogP contribution >= 0.6 is 11.6 Å². The van der Waals surface area contributed by atoms with Crippen molar-refractivity contribution >= 4 is 17.5 Å². The largest absolute Gasteiger partial charge is 0.376 e. The molecule has 0 bridgehead atoms. The van der Waals surface area contributed by atoms with Crippen LogP contribution in [0.25, 0.3) is 0 Å². The molecule has 18 heavy (non-hydrogen) atoms. The van der Waals surface area contributed by atoms with Crippen molar-refractivity contribution in [3.05, 3.63) is 17.4 Å². The highest BCUT2D eigenvalue weighted by Crippen LogP contribution is 2.11. The molecule has 0 radical (unpaired) electrons. The second-order valence-electron chi connectivity index (χ2n) is 4.66. The minimum atomic E-state index is -0.137. The molecule has 1 aromatic rings. The highest BCUT2D eigenvalue weighted by atomic mass is 35.5. The first-order valence-electron chi connectivity index (χ1n) is 6.22. The van der Waals surface area contributed by atoms with Crippen LogP contribution in [0.15, 0.2) is 12.4 Å². The highest BCUT2D eigenvalue weighted by Gasteiger charge is 2.19. The molecular weight excluding hydrogens is 254 g/mol. The van der Waals surface area contributed by atoms with Crippen molar-refractivity contribution in [3.63, 3.8) is 0 Å². The summed E-state index contributed by atoms with van der Waals surface area (Å²) in [6, 6.07) is 0. The summed E-state index contributed by atoms with van der Waals surface area (Å²) in [4.78, 5) is 11.9. The number of nitrogens with one attached hydrogen (secondary N) is 1. The molecule has 2 atom stereocenters. The quantitative estimate of drug-likeness (QED) is 0.882. The van der Waals surface area contributed by atoms with Crippen LogP contribution in [0, 0.1) is 5.92 Å². The fourth-order valence-corrected chi connectivity index (χ4v) is 2.15. The molecule has 0 spiro atoms. The molecule has 1 aromatic heterocycles. The second-order valence-corrected chi connectivity index (χ2v) is 5.10. The number of amides is 1. The number of aromatic nitrogens is 2. The lowest BCUT2D eigenvalue weighted by Crippen LogP contribution is -2.36. The molecule has 0 saturated carbocycles. The fraction of sp³-hybridized carbons (Fsp3) is 0.667. The number of rotatable bonds is 5. The number of carbonyl (C=O) groups excluding carboxylic acids is 1. The maximum Gasteiger partial charge on any atom is 0.224 e. The van der Waals surface area contributed by atoms with E-state index in [9.17, 15) is 4.79 Å². The van der Waals surface area contributed by atoms with Gasteiger partial charge in [-0.1, -0.05) is 18.5 Å². The van der Waals surface area contributed by atoms with Crippen LogP contribution in [0.3, 0.4) is 0 Å². The number of carbonyl (C=O) groups is 1. The van der Waals surface area contributed by atoms with E-state index in [0.717, 1.165) is 19.4 Å². The van der Waals surface area contributed by atoms with E-state index in [1.165, 1.54) is 0 Å². The van der Waals surface area contributed by atoms with Crippen LogP contribution in [0.5, 0.6) is 0 Å². The van der Waals surface area contributed by atoms with Crippen LogP contribution in [-0.4, -0.2) is 34.9 Å². The Morgan fingerprint density at radius 2 is 2.61 bits per heavy atom. The summed E-state index contributed by atoms with van der Waals surface area (Å²) in [6.45, 7) is 3.81. The summed E-state index contributed by atoms with van der Waals surface area (Å²) in [5.41, 5.74) is 0. The molecule has 2 heterocycles. The standard InChI is InChI=1S/C12H18ClN3O2/c1-9(7-16-8-10(13)5-15-16)12(17)14-6-11-3-2-4-18-11/h5,8-9,11H,2-4,6-7H2,1H3,(H,14,17). The molecule has 5 nitrogen and oxygen atoms in total. The van der Waals surface area contributed by atoms with E-state index in [1.807, 2.05) is 6.92 Å². The Hall–Kier alpha value is -1.07. The normalized spacial score (nSPS) is 20.9. The Labute approximate surface area is 111 Å². The molecule has 1 fully saturated rings. The molecule has 1 saturated heterocycles. The summed E-state index contributed by atoms with van der Waals surface area (Å²) in [7, 11) is 0. The summed E-state index contributed by atoms with van der Waals surface area (Å²) in [5, 5.41) is 7.55. The predicted molar refractivity (Wildman–Crippen MR) is 68.4 cm³/mol. The zero-order valence-electron chi connectivity index (χ0n) is 10.4. The predicted octanol–water partition coefficient (Wildman–Crippen LogP) is 1.47. The van der Waals surface area contributed by atoms with Crippen molar-refractivity contribution in [1.29, 1.82) is 0 Å². The lowest BCUT2D eigenvalue weighted by molar-refractivity contribution is -0.125. The first-order valence-corrected chi connectivity index (χ1v) is 6.60. The van der Waals surface area contributed by atoms with Gasteiger partial charge in [0.1, 0.15) is 0 Å². The van der Waals surface area contributed by atoms with Crippen LogP contribution in [0.2, 0.25) is 5.02 Å². The fourth-order valence-electron chi connectivity index (χ4n) is 2.00. The molecule has 1 amide bonds. The lowest BCUT2D eigenvalue weighted by atomic mass is 10.1. The van der Waals surface area contributed by atoms with Gasteiger partial charge in [0.2, 0.25) is 5.91 Å². The van der Waals surface area contributed by atoms with Gasteiger partial charge in [-0.05, 0) is 12.8 Å². The summed E-state index contributed by atoms with van der Waals surface area (Å²) >= 11 is 5.77. The number of hydrogen-bond acceptors (Lipinski definition) is 3. The molecular formula is C12H18ClN3O2. The third-order valence-corrected chi connectivity index (χ3v) is 3.23. The number of halogens is 1. The summed E-state index contributed by atoms with van der Waals surface area (Å²) in [6.07, 6.45) is 5.58.